The Hall–Kier alpha value is -2.44. The van der Waals surface area contributed by atoms with Gasteiger partial charge in [-0.2, -0.15) is 0 Å². The summed E-state index contributed by atoms with van der Waals surface area (Å²) in [5.41, 5.74) is 3.47. The van der Waals surface area contributed by atoms with Crippen LogP contribution < -0.4 is 0 Å². The van der Waals surface area contributed by atoms with E-state index in [0.29, 0.717) is 0 Å². The lowest BCUT2D eigenvalue weighted by Crippen LogP contribution is -2.04. The first-order valence-electron chi connectivity index (χ1n) is 8.55. The molecule has 2 aromatic heterocycles. The van der Waals surface area contributed by atoms with Gasteiger partial charge in [-0.25, -0.2) is 0 Å². The first-order valence-corrected chi connectivity index (χ1v) is 10.3. The minimum Gasteiger partial charge on any atom is -0.298 e. The predicted octanol–water partition coefficient (Wildman–Crippen LogP) is 5.44. The minimum absolute atomic E-state index is 0.726. The van der Waals surface area contributed by atoms with Gasteiger partial charge in [0.2, 0.25) is 0 Å². The fourth-order valence-corrected chi connectivity index (χ4v) is 4.33. The molecule has 0 aliphatic heterocycles. The van der Waals surface area contributed by atoms with Gasteiger partial charge in [0.25, 0.3) is 0 Å². The monoisotopic (exact) mass is 436 g/mol. The summed E-state index contributed by atoms with van der Waals surface area (Å²) in [4.78, 5) is 4.11. The Morgan fingerprint density at radius 1 is 0.852 bits per heavy atom. The molecule has 0 N–H and O–H groups in total. The third kappa shape index (κ3) is 4.28. The van der Waals surface area contributed by atoms with Gasteiger partial charge >= 0.3 is 0 Å². The van der Waals surface area contributed by atoms with Crippen LogP contribution in [0.5, 0.6) is 0 Å². The van der Waals surface area contributed by atoms with Crippen LogP contribution >= 0.6 is 27.7 Å². The summed E-state index contributed by atoms with van der Waals surface area (Å²) in [6, 6.07) is 22.6. The highest BCUT2D eigenvalue weighted by Crippen LogP contribution is 2.29. The van der Waals surface area contributed by atoms with Crippen LogP contribution in [0.2, 0.25) is 0 Å². The molecule has 0 radical (unpaired) electrons. The molecule has 134 valence electrons. The van der Waals surface area contributed by atoms with Crippen molar-refractivity contribution in [3.8, 4) is 11.4 Å². The third-order valence-electron chi connectivity index (χ3n) is 4.15. The molecule has 0 aliphatic rings. The molecule has 0 amide bonds. The van der Waals surface area contributed by atoms with Crippen molar-refractivity contribution < 1.29 is 0 Å². The smallest absolute Gasteiger partial charge is 0.192 e. The van der Waals surface area contributed by atoms with E-state index >= 15 is 0 Å². The van der Waals surface area contributed by atoms with Crippen LogP contribution in [0.4, 0.5) is 0 Å². The molecule has 27 heavy (non-hydrogen) atoms. The molecule has 0 spiro atoms. The van der Waals surface area contributed by atoms with E-state index in [9.17, 15) is 0 Å². The molecular weight excluding hydrogens is 420 g/mol. The SMILES string of the molecule is Brc1ccccc1CSc1nnc(-c2ccncc2)n1Cc1ccccc1. The number of hydrogen-bond donors (Lipinski definition) is 0. The van der Waals surface area contributed by atoms with Gasteiger partial charge in [-0.1, -0.05) is 76.2 Å². The van der Waals surface area contributed by atoms with Gasteiger partial charge in [0.05, 0.1) is 6.54 Å². The van der Waals surface area contributed by atoms with Gasteiger partial charge < -0.3 is 0 Å². The zero-order valence-corrected chi connectivity index (χ0v) is 16.9. The van der Waals surface area contributed by atoms with Crippen molar-refractivity contribution in [3.63, 3.8) is 0 Å². The maximum Gasteiger partial charge on any atom is 0.192 e. The van der Waals surface area contributed by atoms with Gasteiger partial charge in [0.1, 0.15) is 0 Å². The highest BCUT2D eigenvalue weighted by atomic mass is 79.9. The zero-order valence-electron chi connectivity index (χ0n) is 14.5. The number of nitrogens with zero attached hydrogens (tertiary/aromatic N) is 4. The molecule has 0 fully saturated rings. The summed E-state index contributed by atoms with van der Waals surface area (Å²) in [5.74, 6) is 1.68. The first kappa shape index (κ1) is 17.9. The van der Waals surface area contributed by atoms with Gasteiger partial charge in [-0.3, -0.25) is 9.55 Å². The molecule has 0 aliphatic carbocycles. The van der Waals surface area contributed by atoms with Crippen LogP contribution in [-0.2, 0) is 12.3 Å². The Balaban J connectivity index is 1.66. The maximum atomic E-state index is 4.47. The maximum absolute atomic E-state index is 4.47. The van der Waals surface area contributed by atoms with E-state index < -0.39 is 0 Å². The van der Waals surface area contributed by atoms with Gasteiger partial charge in [-0.15, -0.1) is 10.2 Å². The van der Waals surface area contributed by atoms with E-state index in [0.717, 1.165) is 33.3 Å². The van der Waals surface area contributed by atoms with Crippen molar-refractivity contribution in [2.45, 2.75) is 17.5 Å². The highest BCUT2D eigenvalue weighted by Gasteiger charge is 2.15. The van der Waals surface area contributed by atoms with E-state index in [1.54, 1.807) is 24.2 Å². The molecule has 4 aromatic rings. The van der Waals surface area contributed by atoms with Crippen molar-refractivity contribution in [1.29, 1.82) is 0 Å². The average molecular weight is 437 g/mol. The number of thioether (sulfide) groups is 1. The van der Waals surface area contributed by atoms with Crippen molar-refractivity contribution in [3.05, 3.63) is 94.7 Å². The van der Waals surface area contributed by atoms with E-state index in [2.05, 4.69) is 78.1 Å². The standard InChI is InChI=1S/C21H17BrN4S/c22-19-9-5-4-8-18(19)15-27-21-25-24-20(17-10-12-23-13-11-17)26(21)14-16-6-2-1-3-7-16/h1-13H,14-15H2. The highest BCUT2D eigenvalue weighted by molar-refractivity contribution is 9.10. The molecule has 0 saturated carbocycles. The van der Waals surface area contributed by atoms with Gasteiger partial charge in [0, 0.05) is 28.2 Å². The lowest BCUT2D eigenvalue weighted by atomic mass is 10.2. The Bertz CT molecular complexity index is 1020. The second-order valence-corrected chi connectivity index (χ2v) is 7.79. The van der Waals surface area contributed by atoms with Crippen LogP contribution in [-0.4, -0.2) is 19.7 Å². The van der Waals surface area contributed by atoms with Crippen LogP contribution in [0, 0.1) is 0 Å². The average Bonchev–Trinajstić information content (AvgIpc) is 3.11. The number of hydrogen-bond acceptors (Lipinski definition) is 4. The molecule has 0 bridgehead atoms. The summed E-state index contributed by atoms with van der Waals surface area (Å²) in [7, 11) is 0. The van der Waals surface area contributed by atoms with E-state index in [1.165, 1.54) is 11.1 Å². The minimum atomic E-state index is 0.726. The lowest BCUT2D eigenvalue weighted by molar-refractivity contribution is 0.714. The molecule has 0 atom stereocenters. The van der Waals surface area contributed by atoms with E-state index in [-0.39, 0.29) is 0 Å². The van der Waals surface area contributed by atoms with Crippen LogP contribution in [0.25, 0.3) is 11.4 Å². The number of benzene rings is 2. The van der Waals surface area contributed by atoms with Crippen molar-refractivity contribution in [2.24, 2.45) is 0 Å². The second kappa shape index (κ2) is 8.50. The molecule has 4 rings (SSSR count). The van der Waals surface area contributed by atoms with Crippen LogP contribution in [0.3, 0.4) is 0 Å². The number of rotatable bonds is 6. The molecule has 0 saturated heterocycles. The van der Waals surface area contributed by atoms with Gasteiger partial charge in [0.15, 0.2) is 11.0 Å². The quantitative estimate of drug-likeness (QED) is 0.377. The largest absolute Gasteiger partial charge is 0.298 e. The van der Waals surface area contributed by atoms with Crippen molar-refractivity contribution >= 4 is 27.7 Å². The number of aromatic nitrogens is 4. The second-order valence-electron chi connectivity index (χ2n) is 5.99. The molecule has 4 nitrogen and oxygen atoms in total. The first-order chi connectivity index (χ1) is 13.3. The third-order valence-corrected chi connectivity index (χ3v) is 5.94. The summed E-state index contributed by atoms with van der Waals surface area (Å²) in [5, 5.41) is 9.85. The summed E-state index contributed by atoms with van der Waals surface area (Å²) >= 11 is 5.31. The summed E-state index contributed by atoms with van der Waals surface area (Å²) in [6.45, 7) is 0.726. The number of pyridine rings is 1. The normalized spacial score (nSPS) is 10.9. The molecule has 2 heterocycles. The Labute approximate surface area is 170 Å². The molecular formula is C21H17BrN4S. The molecule has 6 heteroatoms. The number of halogens is 1. The lowest BCUT2D eigenvalue weighted by Gasteiger charge is -2.11. The van der Waals surface area contributed by atoms with E-state index in [1.807, 2.05) is 24.3 Å². The van der Waals surface area contributed by atoms with Crippen LogP contribution in [0.15, 0.2) is 88.8 Å². The molecule has 2 aromatic carbocycles. The van der Waals surface area contributed by atoms with Gasteiger partial charge in [-0.05, 0) is 29.3 Å². The Morgan fingerprint density at radius 2 is 1.59 bits per heavy atom. The fraction of sp³-hybridized carbons (Fsp3) is 0.0952. The van der Waals surface area contributed by atoms with Crippen LogP contribution in [0.1, 0.15) is 11.1 Å². The van der Waals surface area contributed by atoms with Crippen molar-refractivity contribution in [1.82, 2.24) is 19.7 Å². The van der Waals surface area contributed by atoms with Crippen molar-refractivity contribution in [2.75, 3.05) is 0 Å². The topological polar surface area (TPSA) is 43.6 Å². The predicted molar refractivity (Wildman–Crippen MR) is 112 cm³/mol. The van der Waals surface area contributed by atoms with E-state index in [4.69, 9.17) is 0 Å². The summed E-state index contributed by atoms with van der Waals surface area (Å²) in [6.07, 6.45) is 3.57. The Kier molecular flexibility index (Phi) is 5.65. The molecule has 0 unspecified atom stereocenters. The summed E-state index contributed by atoms with van der Waals surface area (Å²) < 4.78 is 3.28. The fourth-order valence-electron chi connectivity index (χ4n) is 2.78. The Morgan fingerprint density at radius 3 is 2.37 bits per heavy atom. The zero-order chi connectivity index (χ0) is 18.5.